The Labute approximate surface area is 303 Å². The van der Waals surface area contributed by atoms with Crippen LogP contribution in [0.3, 0.4) is 0 Å². The molecule has 272 valence electrons. The van der Waals surface area contributed by atoms with Gasteiger partial charge >= 0.3 is 11.9 Å². The van der Waals surface area contributed by atoms with E-state index in [9.17, 15) is 22.8 Å². The van der Waals surface area contributed by atoms with Crippen molar-refractivity contribution in [2.75, 3.05) is 44.9 Å². The number of rotatable bonds is 16. The first kappa shape index (κ1) is 37.9. The Bertz CT molecular complexity index is 1940. The number of amides is 1. The van der Waals surface area contributed by atoms with Crippen LogP contribution in [-0.2, 0) is 30.7 Å². The van der Waals surface area contributed by atoms with Gasteiger partial charge in [0, 0.05) is 34.7 Å². The van der Waals surface area contributed by atoms with Crippen LogP contribution in [0.15, 0.2) is 66.7 Å². The van der Waals surface area contributed by atoms with E-state index in [0.717, 1.165) is 25.4 Å². The molecule has 0 aliphatic carbocycles. The van der Waals surface area contributed by atoms with Gasteiger partial charge in [0.15, 0.2) is 9.84 Å². The topological polar surface area (TPSA) is 144 Å². The molecule has 2 N–H and O–H groups in total. The van der Waals surface area contributed by atoms with Gasteiger partial charge in [-0.2, -0.15) is 0 Å². The molecule has 1 fully saturated rings. The van der Waals surface area contributed by atoms with Crippen LogP contribution in [0.25, 0.3) is 10.9 Å². The summed E-state index contributed by atoms with van der Waals surface area (Å²) in [5, 5.41) is 3.69. The van der Waals surface area contributed by atoms with Crippen molar-refractivity contribution < 1.29 is 37.0 Å². The molecule has 1 unspecified atom stereocenters. The number of likely N-dealkylation sites (tertiary alicyclic amines) is 1. The Kier molecular flexibility index (Phi) is 13.1. The Morgan fingerprint density at radius 1 is 0.980 bits per heavy atom. The Morgan fingerprint density at radius 2 is 1.75 bits per heavy atom. The normalized spacial score (nSPS) is 14.2. The molecule has 1 aromatic heterocycles. The zero-order valence-corrected chi connectivity index (χ0v) is 30.5. The zero-order chi connectivity index (χ0) is 36.4. The maximum Gasteiger partial charge on any atom is 0.345 e. The highest BCUT2D eigenvalue weighted by molar-refractivity contribution is 7.92. The van der Waals surface area contributed by atoms with Crippen molar-refractivity contribution in [3.63, 3.8) is 0 Å². The van der Waals surface area contributed by atoms with Crippen molar-refractivity contribution in [2.45, 2.75) is 51.5 Å². The van der Waals surface area contributed by atoms with Crippen LogP contribution in [0.4, 0.5) is 0 Å². The molecular formula is C38H44ClN3O8S. The molecule has 1 atom stereocenters. The van der Waals surface area contributed by atoms with Crippen molar-refractivity contribution in [3.8, 4) is 11.5 Å². The summed E-state index contributed by atoms with van der Waals surface area (Å²) in [5.41, 5.74) is 3.08. The van der Waals surface area contributed by atoms with E-state index in [4.69, 9.17) is 25.8 Å². The average molecular weight is 738 g/mol. The SMILES string of the molecule is COc1ccc2[nH]c(C)c(C(CCS(=O)(=O)CC(=O)NCCCOc3cccc(CN4CCCCC4)c3)C(=O)OC(=O)c3ccc(Cl)cc3)c2c1. The number of nitrogens with one attached hydrogen (secondary N) is 2. The van der Waals surface area contributed by atoms with E-state index in [1.54, 1.807) is 25.1 Å². The van der Waals surface area contributed by atoms with Crippen molar-refractivity contribution in [1.29, 1.82) is 0 Å². The number of methoxy groups -OCH3 is 1. The molecule has 13 heteroatoms. The Morgan fingerprint density at radius 3 is 2.49 bits per heavy atom. The van der Waals surface area contributed by atoms with Crippen LogP contribution >= 0.6 is 11.6 Å². The third-order valence-corrected chi connectivity index (χ3v) is 10.7. The fraction of sp³-hybridized carbons (Fsp3) is 0.395. The van der Waals surface area contributed by atoms with E-state index in [2.05, 4.69) is 21.3 Å². The quantitative estimate of drug-likeness (QED) is 0.0806. The lowest BCUT2D eigenvalue weighted by molar-refractivity contribution is -0.139. The predicted octanol–water partition coefficient (Wildman–Crippen LogP) is 5.98. The fourth-order valence-corrected chi connectivity index (χ4v) is 7.68. The van der Waals surface area contributed by atoms with Crippen molar-refractivity contribution >= 4 is 50.2 Å². The smallest absolute Gasteiger partial charge is 0.345 e. The minimum Gasteiger partial charge on any atom is -0.497 e. The first-order valence-electron chi connectivity index (χ1n) is 17.1. The third-order valence-electron chi connectivity index (χ3n) is 8.88. The number of piperidine rings is 1. The van der Waals surface area contributed by atoms with Crippen LogP contribution < -0.4 is 14.8 Å². The van der Waals surface area contributed by atoms with E-state index in [1.165, 1.54) is 56.2 Å². The minimum absolute atomic E-state index is 0.111. The summed E-state index contributed by atoms with van der Waals surface area (Å²) < 4.78 is 42.8. The number of carbonyl (C=O) groups excluding carboxylic acids is 3. The van der Waals surface area contributed by atoms with E-state index in [1.807, 2.05) is 18.2 Å². The minimum atomic E-state index is -3.96. The maximum absolute atomic E-state index is 13.6. The van der Waals surface area contributed by atoms with Crippen LogP contribution in [0.5, 0.6) is 11.5 Å². The third kappa shape index (κ3) is 10.8. The van der Waals surface area contributed by atoms with Crippen molar-refractivity contribution in [1.82, 2.24) is 15.2 Å². The van der Waals surface area contributed by atoms with Gasteiger partial charge < -0.3 is 24.5 Å². The largest absolute Gasteiger partial charge is 0.497 e. The highest BCUT2D eigenvalue weighted by atomic mass is 35.5. The van der Waals surface area contributed by atoms with Gasteiger partial charge in [0.2, 0.25) is 5.91 Å². The molecule has 2 heterocycles. The molecule has 4 aromatic rings. The summed E-state index contributed by atoms with van der Waals surface area (Å²) in [7, 11) is -2.45. The average Bonchev–Trinajstić information content (AvgIpc) is 3.43. The van der Waals surface area contributed by atoms with Gasteiger partial charge in [0.1, 0.15) is 17.3 Å². The number of esters is 2. The first-order chi connectivity index (χ1) is 24.5. The summed E-state index contributed by atoms with van der Waals surface area (Å²) in [6.45, 7) is 5.45. The van der Waals surface area contributed by atoms with Crippen LogP contribution in [0.1, 0.15) is 65.2 Å². The van der Waals surface area contributed by atoms with Crippen LogP contribution in [0.2, 0.25) is 5.02 Å². The first-order valence-corrected chi connectivity index (χ1v) is 19.3. The summed E-state index contributed by atoms with van der Waals surface area (Å²) in [6.07, 6.45) is 4.01. The molecule has 0 bridgehead atoms. The van der Waals surface area contributed by atoms with E-state index < -0.39 is 45.1 Å². The van der Waals surface area contributed by atoms with Gasteiger partial charge in [-0.1, -0.05) is 30.2 Å². The molecule has 5 rings (SSSR count). The number of aromatic nitrogens is 1. The van der Waals surface area contributed by atoms with E-state index >= 15 is 0 Å². The summed E-state index contributed by atoms with van der Waals surface area (Å²) in [6, 6.07) is 19.1. The number of ether oxygens (including phenoxy) is 3. The van der Waals surface area contributed by atoms with Crippen molar-refractivity contribution in [2.24, 2.45) is 0 Å². The van der Waals surface area contributed by atoms with E-state index in [-0.39, 0.29) is 18.5 Å². The number of carbonyl (C=O) groups is 3. The molecule has 11 nitrogen and oxygen atoms in total. The Balaban J connectivity index is 1.16. The standard InChI is InChI=1S/C38H44ClN3O8S/c1-26-36(33-23-30(48-2)14-15-34(33)41-26)32(38(45)50-37(44)28-10-12-29(39)13-11-28)16-21-51(46,47)25-35(43)40-17-7-20-49-31-9-6-8-27(22-31)24-42-18-4-3-5-19-42/h6,8-15,22-23,32,41H,3-5,7,16-21,24-25H2,1-2H3,(H,40,43). The van der Waals surface area contributed by atoms with Crippen LogP contribution in [0, 0.1) is 6.92 Å². The molecular weight excluding hydrogens is 694 g/mol. The van der Waals surface area contributed by atoms with Gasteiger partial charge in [-0.05, 0) is 111 Å². The lowest BCUT2D eigenvalue weighted by Gasteiger charge is -2.26. The second-order valence-corrected chi connectivity index (χ2v) is 15.4. The molecule has 1 aliphatic rings. The van der Waals surface area contributed by atoms with Gasteiger partial charge in [-0.25, -0.2) is 13.2 Å². The molecule has 0 spiro atoms. The second kappa shape index (κ2) is 17.7. The highest BCUT2D eigenvalue weighted by Crippen LogP contribution is 2.35. The second-order valence-electron chi connectivity index (χ2n) is 12.8. The van der Waals surface area contributed by atoms with E-state index in [0.29, 0.717) is 46.0 Å². The number of aromatic amines is 1. The lowest BCUT2D eigenvalue weighted by atomic mass is 9.93. The van der Waals surface area contributed by atoms with Gasteiger partial charge in [0.05, 0.1) is 31.0 Å². The van der Waals surface area contributed by atoms with Gasteiger partial charge in [-0.15, -0.1) is 0 Å². The number of nitrogens with zero attached hydrogens (tertiary/aromatic N) is 1. The number of halogens is 1. The van der Waals surface area contributed by atoms with Gasteiger partial charge in [0.25, 0.3) is 0 Å². The highest BCUT2D eigenvalue weighted by Gasteiger charge is 2.31. The molecule has 1 saturated heterocycles. The van der Waals surface area contributed by atoms with Crippen molar-refractivity contribution in [3.05, 3.63) is 94.1 Å². The molecule has 3 aromatic carbocycles. The number of aryl methyl sites for hydroxylation is 1. The number of H-pyrrole nitrogens is 1. The molecule has 0 radical (unpaired) electrons. The summed E-state index contributed by atoms with van der Waals surface area (Å²) >= 11 is 5.93. The molecule has 1 aliphatic heterocycles. The fourth-order valence-electron chi connectivity index (χ4n) is 6.31. The zero-order valence-electron chi connectivity index (χ0n) is 28.9. The number of hydrogen-bond acceptors (Lipinski definition) is 9. The monoisotopic (exact) mass is 737 g/mol. The summed E-state index contributed by atoms with van der Waals surface area (Å²) in [4.78, 5) is 44.8. The number of fused-ring (bicyclic) bond motifs is 1. The van der Waals surface area contributed by atoms with Gasteiger partial charge in [-0.3, -0.25) is 14.5 Å². The Hall–Kier alpha value is -4.39. The molecule has 1 amide bonds. The number of sulfone groups is 1. The summed E-state index contributed by atoms with van der Waals surface area (Å²) in [5.74, 6) is -3.57. The molecule has 0 saturated carbocycles. The maximum atomic E-state index is 13.6. The number of benzene rings is 3. The lowest BCUT2D eigenvalue weighted by Crippen LogP contribution is -2.33. The predicted molar refractivity (Wildman–Crippen MR) is 196 cm³/mol. The molecule has 51 heavy (non-hydrogen) atoms. The number of hydrogen-bond donors (Lipinski definition) is 2. The van der Waals surface area contributed by atoms with Crippen LogP contribution in [-0.4, -0.2) is 81.0 Å².